The van der Waals surface area contributed by atoms with Gasteiger partial charge in [0.15, 0.2) is 0 Å². The summed E-state index contributed by atoms with van der Waals surface area (Å²) in [5.74, 6) is 0.241. The molecular formula is C23H28FNO. The molecule has 1 N–H and O–H groups in total. The zero-order valence-electron chi connectivity index (χ0n) is 15.7. The first-order valence-electron chi connectivity index (χ1n) is 9.38. The van der Waals surface area contributed by atoms with Crippen molar-refractivity contribution in [3.8, 4) is 0 Å². The molecule has 0 aromatic heterocycles. The predicted molar refractivity (Wildman–Crippen MR) is 105 cm³/mol. The number of halogens is 1. The van der Waals surface area contributed by atoms with E-state index in [9.17, 15) is 4.39 Å². The maximum Gasteiger partial charge on any atom is 0.123 e. The van der Waals surface area contributed by atoms with Gasteiger partial charge < -0.3 is 10.1 Å². The third kappa shape index (κ3) is 5.26. The Balaban J connectivity index is 1.72. The molecule has 2 aromatic rings. The van der Waals surface area contributed by atoms with E-state index < -0.39 is 0 Å². The molecule has 138 valence electrons. The van der Waals surface area contributed by atoms with Crippen molar-refractivity contribution >= 4 is 5.57 Å². The second-order valence-electron chi connectivity index (χ2n) is 7.58. The van der Waals surface area contributed by atoms with Crippen LogP contribution in [0.4, 0.5) is 4.39 Å². The number of benzene rings is 2. The van der Waals surface area contributed by atoms with Crippen LogP contribution in [0.1, 0.15) is 37.8 Å². The van der Waals surface area contributed by atoms with E-state index >= 15 is 0 Å². The molecule has 0 saturated carbocycles. The summed E-state index contributed by atoms with van der Waals surface area (Å²) in [6.45, 7) is 6.70. The number of allylic oxidation sites excluding steroid dienone is 1. The molecule has 1 fully saturated rings. The lowest BCUT2D eigenvalue weighted by Crippen LogP contribution is -2.34. The van der Waals surface area contributed by atoms with Gasteiger partial charge in [-0.2, -0.15) is 0 Å². The Labute approximate surface area is 156 Å². The van der Waals surface area contributed by atoms with Gasteiger partial charge in [-0.1, -0.05) is 48.5 Å². The molecule has 3 heteroatoms. The first kappa shape index (κ1) is 18.8. The minimum Gasteiger partial charge on any atom is -0.376 e. The maximum atomic E-state index is 13.4. The van der Waals surface area contributed by atoms with Crippen molar-refractivity contribution in [2.45, 2.75) is 38.8 Å². The van der Waals surface area contributed by atoms with Crippen LogP contribution >= 0.6 is 0 Å². The van der Waals surface area contributed by atoms with E-state index in [-0.39, 0.29) is 11.4 Å². The molecule has 1 heterocycles. The maximum absolute atomic E-state index is 13.4. The van der Waals surface area contributed by atoms with Crippen LogP contribution in [0.2, 0.25) is 0 Å². The van der Waals surface area contributed by atoms with Gasteiger partial charge in [-0.3, -0.25) is 0 Å². The molecule has 1 atom stereocenters. The molecule has 0 amide bonds. The van der Waals surface area contributed by atoms with Crippen LogP contribution < -0.4 is 5.32 Å². The predicted octanol–water partition coefficient (Wildman–Crippen LogP) is 5.20. The Hall–Kier alpha value is -1.97. The summed E-state index contributed by atoms with van der Waals surface area (Å²) >= 11 is 0. The summed E-state index contributed by atoms with van der Waals surface area (Å²) in [5, 5.41) is 3.49. The second kappa shape index (κ2) is 8.61. The van der Waals surface area contributed by atoms with Crippen LogP contribution in [0.15, 0.2) is 60.7 Å². The Kier molecular flexibility index (Phi) is 6.23. The number of hydrogen-bond donors (Lipinski definition) is 1. The normalized spacial score (nSPS) is 20.1. The highest BCUT2D eigenvalue weighted by Crippen LogP contribution is 2.37. The molecule has 1 saturated heterocycles. The third-order valence-corrected chi connectivity index (χ3v) is 4.95. The largest absolute Gasteiger partial charge is 0.376 e. The number of rotatable bonds is 6. The summed E-state index contributed by atoms with van der Waals surface area (Å²) < 4.78 is 19.2. The quantitative estimate of drug-likeness (QED) is 0.720. The summed E-state index contributed by atoms with van der Waals surface area (Å²) in [6.07, 6.45) is 4.25. The van der Waals surface area contributed by atoms with E-state index in [0.29, 0.717) is 5.92 Å². The van der Waals surface area contributed by atoms with E-state index in [1.165, 1.54) is 11.1 Å². The van der Waals surface area contributed by atoms with Gasteiger partial charge in [0, 0.05) is 19.7 Å². The Bertz CT molecular complexity index is 722. The Morgan fingerprint density at radius 2 is 1.88 bits per heavy atom. The Morgan fingerprint density at radius 1 is 1.15 bits per heavy atom. The van der Waals surface area contributed by atoms with E-state index in [1.54, 1.807) is 12.1 Å². The fourth-order valence-electron chi connectivity index (χ4n) is 3.65. The molecule has 0 spiro atoms. The van der Waals surface area contributed by atoms with Crippen molar-refractivity contribution in [3.63, 3.8) is 0 Å². The highest BCUT2D eigenvalue weighted by Gasteiger charge is 2.31. The summed E-state index contributed by atoms with van der Waals surface area (Å²) in [5.41, 5.74) is 3.56. The molecule has 2 aromatic carbocycles. The number of nitrogens with one attached hydrogen (secondary N) is 1. The molecule has 2 nitrogen and oxygen atoms in total. The van der Waals surface area contributed by atoms with E-state index in [4.69, 9.17) is 4.74 Å². The van der Waals surface area contributed by atoms with Crippen molar-refractivity contribution in [3.05, 3.63) is 77.6 Å². The monoisotopic (exact) mass is 353 g/mol. The SMILES string of the molecule is CC1(C)CC(C(=CCNCc2ccccc2)c2ccc(F)cc2)CCO1. The van der Waals surface area contributed by atoms with Gasteiger partial charge in [-0.15, -0.1) is 0 Å². The summed E-state index contributed by atoms with van der Waals surface area (Å²) in [7, 11) is 0. The molecule has 0 radical (unpaired) electrons. The molecule has 0 aliphatic carbocycles. The van der Waals surface area contributed by atoms with E-state index in [0.717, 1.165) is 38.1 Å². The average Bonchev–Trinajstić information content (AvgIpc) is 2.63. The van der Waals surface area contributed by atoms with Crippen LogP contribution in [-0.2, 0) is 11.3 Å². The first-order chi connectivity index (χ1) is 12.5. The molecule has 1 aliphatic heterocycles. The van der Waals surface area contributed by atoms with Crippen molar-refractivity contribution in [2.75, 3.05) is 13.2 Å². The lowest BCUT2D eigenvalue weighted by Gasteiger charge is -2.37. The lowest BCUT2D eigenvalue weighted by atomic mass is 9.80. The number of ether oxygens (including phenoxy) is 1. The van der Waals surface area contributed by atoms with Gasteiger partial charge in [-0.25, -0.2) is 4.39 Å². The standard InChI is InChI=1S/C23H28FNO/c1-23(2)16-20(13-15-26-23)22(19-8-10-21(24)11-9-19)12-14-25-17-18-6-4-3-5-7-18/h3-12,20,25H,13-17H2,1-2H3. The Morgan fingerprint density at radius 3 is 2.58 bits per heavy atom. The molecular weight excluding hydrogens is 325 g/mol. The average molecular weight is 353 g/mol. The van der Waals surface area contributed by atoms with E-state index in [1.807, 2.05) is 18.2 Å². The fraction of sp³-hybridized carbons (Fsp3) is 0.391. The van der Waals surface area contributed by atoms with Crippen molar-refractivity contribution in [1.29, 1.82) is 0 Å². The van der Waals surface area contributed by atoms with Gasteiger partial charge in [0.2, 0.25) is 0 Å². The first-order valence-corrected chi connectivity index (χ1v) is 9.38. The van der Waals surface area contributed by atoms with Crippen LogP contribution in [-0.4, -0.2) is 18.8 Å². The smallest absolute Gasteiger partial charge is 0.123 e. The van der Waals surface area contributed by atoms with Crippen LogP contribution in [0.25, 0.3) is 5.57 Å². The van der Waals surface area contributed by atoms with Crippen LogP contribution in [0, 0.1) is 11.7 Å². The van der Waals surface area contributed by atoms with Crippen molar-refractivity contribution in [1.82, 2.24) is 5.32 Å². The van der Waals surface area contributed by atoms with Gasteiger partial charge in [0.25, 0.3) is 0 Å². The highest BCUT2D eigenvalue weighted by atomic mass is 19.1. The van der Waals surface area contributed by atoms with Crippen molar-refractivity contribution < 1.29 is 9.13 Å². The minimum absolute atomic E-state index is 0.112. The summed E-state index contributed by atoms with van der Waals surface area (Å²) in [4.78, 5) is 0. The van der Waals surface area contributed by atoms with Gasteiger partial charge in [-0.05, 0) is 61.4 Å². The van der Waals surface area contributed by atoms with Gasteiger partial charge >= 0.3 is 0 Å². The van der Waals surface area contributed by atoms with Crippen LogP contribution in [0.5, 0.6) is 0 Å². The minimum atomic E-state index is -0.192. The van der Waals surface area contributed by atoms with Gasteiger partial charge in [0.05, 0.1) is 5.60 Å². The zero-order chi connectivity index (χ0) is 18.4. The van der Waals surface area contributed by atoms with E-state index in [2.05, 4.69) is 49.5 Å². The molecule has 0 bridgehead atoms. The third-order valence-electron chi connectivity index (χ3n) is 4.95. The zero-order valence-corrected chi connectivity index (χ0v) is 15.7. The summed E-state index contributed by atoms with van der Waals surface area (Å²) in [6, 6.07) is 17.3. The molecule has 1 aliphatic rings. The molecule has 26 heavy (non-hydrogen) atoms. The van der Waals surface area contributed by atoms with Crippen LogP contribution in [0.3, 0.4) is 0 Å². The topological polar surface area (TPSA) is 21.3 Å². The number of hydrogen-bond acceptors (Lipinski definition) is 2. The molecule has 3 rings (SSSR count). The highest BCUT2D eigenvalue weighted by molar-refractivity contribution is 5.67. The fourth-order valence-corrected chi connectivity index (χ4v) is 3.65. The second-order valence-corrected chi connectivity index (χ2v) is 7.58. The van der Waals surface area contributed by atoms with Gasteiger partial charge in [0.1, 0.15) is 5.82 Å². The lowest BCUT2D eigenvalue weighted by molar-refractivity contribution is -0.0629. The van der Waals surface area contributed by atoms with Crippen molar-refractivity contribution in [2.24, 2.45) is 5.92 Å². The molecule has 1 unspecified atom stereocenters.